The van der Waals surface area contributed by atoms with Crippen LogP contribution in [0.4, 0.5) is 5.82 Å². The second kappa shape index (κ2) is 5.53. The molecule has 1 rings (SSSR count). The summed E-state index contributed by atoms with van der Waals surface area (Å²) in [5, 5.41) is 12.2. The number of hydrogen-bond acceptors (Lipinski definition) is 5. The Bertz CT molecular complexity index is 304. The van der Waals surface area contributed by atoms with Gasteiger partial charge in [0, 0.05) is 18.8 Å². The number of aromatic nitrogens is 1. The zero-order valence-electron chi connectivity index (χ0n) is 8.97. The maximum atomic E-state index is 9.21. The van der Waals surface area contributed by atoms with E-state index < -0.39 is 6.10 Å². The minimum Gasteiger partial charge on any atom is -0.493 e. The molecule has 0 aliphatic carbocycles. The lowest BCUT2D eigenvalue weighted by Gasteiger charge is -2.16. The van der Waals surface area contributed by atoms with Gasteiger partial charge in [-0.25, -0.2) is 4.98 Å². The number of pyridine rings is 1. The van der Waals surface area contributed by atoms with Crippen LogP contribution in [-0.2, 0) is 0 Å². The highest BCUT2D eigenvalue weighted by Crippen LogP contribution is 2.19. The molecule has 1 aromatic heterocycles. The molecule has 0 spiro atoms. The third-order valence-corrected chi connectivity index (χ3v) is 2.12. The number of nitrogens with two attached hydrogens (primary N) is 1. The van der Waals surface area contributed by atoms with Crippen LogP contribution in [0.3, 0.4) is 0 Å². The van der Waals surface area contributed by atoms with Crippen molar-refractivity contribution in [3.63, 3.8) is 0 Å². The normalized spacial score (nSPS) is 14.4. The summed E-state index contributed by atoms with van der Waals surface area (Å²) >= 11 is 0. The van der Waals surface area contributed by atoms with E-state index in [9.17, 15) is 5.11 Å². The van der Waals surface area contributed by atoms with E-state index in [0.29, 0.717) is 18.1 Å². The Morgan fingerprint density at radius 3 is 3.00 bits per heavy atom. The molecule has 0 aromatic carbocycles. The Kier molecular flexibility index (Phi) is 4.33. The first-order chi connectivity index (χ1) is 7.15. The lowest BCUT2D eigenvalue weighted by molar-refractivity contribution is 0.168. The van der Waals surface area contributed by atoms with Crippen molar-refractivity contribution in [2.45, 2.75) is 19.1 Å². The number of rotatable bonds is 5. The summed E-state index contributed by atoms with van der Waals surface area (Å²) in [5.41, 5.74) is 5.67. The molecule has 0 fully saturated rings. The number of methoxy groups -OCH3 is 1. The average molecular weight is 211 g/mol. The smallest absolute Gasteiger partial charge is 0.168 e. The monoisotopic (exact) mass is 211 g/mol. The molecule has 0 radical (unpaired) electrons. The average Bonchev–Trinajstić information content (AvgIpc) is 2.26. The molecule has 0 bridgehead atoms. The fourth-order valence-corrected chi connectivity index (χ4v) is 1.07. The molecule has 0 aliphatic rings. The van der Waals surface area contributed by atoms with E-state index in [1.807, 2.05) is 6.07 Å². The van der Waals surface area contributed by atoms with E-state index in [-0.39, 0.29) is 6.04 Å². The molecule has 2 atom stereocenters. The molecule has 4 N–H and O–H groups in total. The number of hydrogen-bond donors (Lipinski definition) is 3. The number of aliphatic hydroxyl groups is 1. The summed E-state index contributed by atoms with van der Waals surface area (Å²) in [6.07, 6.45) is 1.12. The van der Waals surface area contributed by atoms with Crippen LogP contribution in [0.2, 0.25) is 0 Å². The predicted molar refractivity (Wildman–Crippen MR) is 58.9 cm³/mol. The highest BCUT2D eigenvalue weighted by Gasteiger charge is 2.10. The largest absolute Gasteiger partial charge is 0.493 e. The minimum absolute atomic E-state index is 0.322. The number of aliphatic hydroxyl groups excluding tert-OH is 1. The summed E-state index contributed by atoms with van der Waals surface area (Å²) < 4.78 is 5.11. The van der Waals surface area contributed by atoms with Crippen LogP contribution in [-0.4, -0.2) is 35.9 Å². The number of nitrogens with one attached hydrogen (secondary N) is 1. The van der Waals surface area contributed by atoms with Crippen molar-refractivity contribution in [1.82, 2.24) is 4.98 Å². The van der Waals surface area contributed by atoms with Gasteiger partial charge >= 0.3 is 0 Å². The Hall–Kier alpha value is -1.33. The highest BCUT2D eigenvalue weighted by molar-refractivity contribution is 5.49. The molecule has 5 heteroatoms. The van der Waals surface area contributed by atoms with Gasteiger partial charge in [0.05, 0.1) is 13.2 Å². The lowest BCUT2D eigenvalue weighted by atomic mass is 10.2. The molecule has 0 aliphatic heterocycles. The van der Waals surface area contributed by atoms with Crippen LogP contribution < -0.4 is 15.8 Å². The number of nitrogens with zero attached hydrogens (tertiary/aromatic N) is 1. The summed E-state index contributed by atoms with van der Waals surface area (Å²) in [6, 6.07) is 3.28. The Morgan fingerprint density at radius 2 is 2.40 bits per heavy atom. The van der Waals surface area contributed by atoms with Crippen LogP contribution in [0, 0.1) is 0 Å². The number of ether oxygens (including phenoxy) is 1. The molecule has 1 heterocycles. The standard InChI is InChI=1S/C10H17N3O2/c1-7(14)8(11)6-13-10-9(15-2)4-3-5-12-10/h3-5,7-8,14H,6,11H2,1-2H3,(H,12,13). The maximum absolute atomic E-state index is 9.21. The van der Waals surface area contributed by atoms with Gasteiger partial charge in [-0.15, -0.1) is 0 Å². The van der Waals surface area contributed by atoms with E-state index in [1.54, 1.807) is 26.3 Å². The van der Waals surface area contributed by atoms with Crippen LogP contribution in [0.25, 0.3) is 0 Å². The molecular weight excluding hydrogens is 194 g/mol. The van der Waals surface area contributed by atoms with Crippen molar-refractivity contribution in [2.75, 3.05) is 19.0 Å². The minimum atomic E-state index is -0.549. The third-order valence-electron chi connectivity index (χ3n) is 2.12. The van der Waals surface area contributed by atoms with Gasteiger partial charge in [-0.05, 0) is 19.1 Å². The van der Waals surface area contributed by atoms with Gasteiger partial charge in [0.1, 0.15) is 0 Å². The summed E-state index contributed by atoms with van der Waals surface area (Å²) in [4.78, 5) is 4.11. The van der Waals surface area contributed by atoms with Gasteiger partial charge in [-0.3, -0.25) is 0 Å². The van der Waals surface area contributed by atoms with Gasteiger partial charge in [0.2, 0.25) is 0 Å². The summed E-state index contributed by atoms with van der Waals surface area (Å²) in [6.45, 7) is 2.10. The molecule has 84 valence electrons. The zero-order valence-corrected chi connectivity index (χ0v) is 8.97. The molecule has 0 amide bonds. The van der Waals surface area contributed by atoms with Crippen molar-refractivity contribution < 1.29 is 9.84 Å². The Balaban J connectivity index is 2.57. The van der Waals surface area contributed by atoms with Crippen LogP contribution >= 0.6 is 0 Å². The molecule has 1 aromatic rings. The SMILES string of the molecule is COc1cccnc1NCC(N)C(C)O. The molecule has 0 saturated carbocycles. The van der Waals surface area contributed by atoms with Crippen LogP contribution in [0.5, 0.6) is 5.75 Å². The van der Waals surface area contributed by atoms with Crippen LogP contribution in [0.15, 0.2) is 18.3 Å². The molecule has 15 heavy (non-hydrogen) atoms. The van der Waals surface area contributed by atoms with Gasteiger partial charge in [0.15, 0.2) is 11.6 Å². The second-order valence-electron chi connectivity index (χ2n) is 3.34. The molecular formula is C10H17N3O2. The third kappa shape index (κ3) is 3.38. The maximum Gasteiger partial charge on any atom is 0.168 e. The fraction of sp³-hybridized carbons (Fsp3) is 0.500. The topological polar surface area (TPSA) is 80.4 Å². The van der Waals surface area contributed by atoms with Gasteiger partial charge in [-0.2, -0.15) is 0 Å². The summed E-state index contributed by atoms with van der Waals surface area (Å²) in [5.74, 6) is 1.30. The molecule has 0 saturated heterocycles. The van der Waals surface area contributed by atoms with Crippen molar-refractivity contribution in [2.24, 2.45) is 5.73 Å². The van der Waals surface area contributed by atoms with E-state index in [0.717, 1.165) is 0 Å². The first-order valence-corrected chi connectivity index (χ1v) is 4.81. The van der Waals surface area contributed by atoms with Crippen molar-refractivity contribution in [3.8, 4) is 5.75 Å². The van der Waals surface area contributed by atoms with E-state index in [1.165, 1.54) is 0 Å². The van der Waals surface area contributed by atoms with Crippen molar-refractivity contribution in [3.05, 3.63) is 18.3 Å². The molecule has 5 nitrogen and oxygen atoms in total. The Morgan fingerprint density at radius 1 is 1.67 bits per heavy atom. The first-order valence-electron chi connectivity index (χ1n) is 4.81. The lowest BCUT2D eigenvalue weighted by Crippen LogP contribution is -2.38. The molecule has 2 unspecified atom stereocenters. The van der Waals surface area contributed by atoms with Crippen molar-refractivity contribution in [1.29, 1.82) is 0 Å². The zero-order chi connectivity index (χ0) is 11.3. The van der Waals surface area contributed by atoms with Crippen molar-refractivity contribution >= 4 is 5.82 Å². The van der Waals surface area contributed by atoms with Crippen LogP contribution in [0.1, 0.15) is 6.92 Å². The van der Waals surface area contributed by atoms with E-state index >= 15 is 0 Å². The summed E-state index contributed by atoms with van der Waals surface area (Å²) in [7, 11) is 1.58. The van der Waals surface area contributed by atoms with Gasteiger partial charge in [-0.1, -0.05) is 0 Å². The number of anilines is 1. The van der Waals surface area contributed by atoms with Gasteiger partial charge < -0.3 is 20.9 Å². The second-order valence-corrected chi connectivity index (χ2v) is 3.34. The quantitative estimate of drug-likeness (QED) is 0.648. The van der Waals surface area contributed by atoms with E-state index in [4.69, 9.17) is 10.5 Å². The highest BCUT2D eigenvalue weighted by atomic mass is 16.5. The Labute approximate surface area is 89.3 Å². The van der Waals surface area contributed by atoms with Gasteiger partial charge in [0.25, 0.3) is 0 Å². The fourth-order valence-electron chi connectivity index (χ4n) is 1.07. The predicted octanol–water partition coefficient (Wildman–Crippen LogP) is 0.210. The van der Waals surface area contributed by atoms with E-state index in [2.05, 4.69) is 10.3 Å². The first kappa shape index (κ1) is 11.7.